The Balaban J connectivity index is 1.59. The highest BCUT2D eigenvalue weighted by Gasteiger charge is 2.29. The standard InChI is InChI=1S/C20H28N4OS/c1-15(2)18-19(26-22-21-18)20(25)23(3)17-10-7-12-24(14-17)13-11-16-8-5-4-6-9-16/h4-6,8-9,15,17H,7,10-14H2,1-3H3/t17-/m1/s1. The molecule has 0 aliphatic carbocycles. The minimum Gasteiger partial charge on any atom is -0.337 e. The van der Waals surface area contributed by atoms with Crippen LogP contribution in [0, 0.1) is 0 Å². The molecule has 0 saturated carbocycles. The molecule has 0 spiro atoms. The third-order valence-corrected chi connectivity index (χ3v) is 5.89. The Hall–Kier alpha value is -1.79. The van der Waals surface area contributed by atoms with Gasteiger partial charge in [-0.05, 0) is 48.8 Å². The van der Waals surface area contributed by atoms with Crippen LogP contribution >= 0.6 is 11.5 Å². The number of likely N-dealkylation sites (N-methyl/N-ethyl adjacent to an activating group) is 1. The van der Waals surface area contributed by atoms with Gasteiger partial charge in [0.25, 0.3) is 5.91 Å². The van der Waals surface area contributed by atoms with Gasteiger partial charge in [0, 0.05) is 26.2 Å². The van der Waals surface area contributed by atoms with Gasteiger partial charge < -0.3 is 9.80 Å². The summed E-state index contributed by atoms with van der Waals surface area (Å²) >= 11 is 1.22. The fourth-order valence-corrected chi connectivity index (χ4v) is 4.33. The van der Waals surface area contributed by atoms with Gasteiger partial charge in [-0.3, -0.25) is 4.79 Å². The zero-order chi connectivity index (χ0) is 18.5. The zero-order valence-electron chi connectivity index (χ0n) is 15.9. The summed E-state index contributed by atoms with van der Waals surface area (Å²) < 4.78 is 4.00. The van der Waals surface area contributed by atoms with Gasteiger partial charge in [-0.15, -0.1) is 5.10 Å². The quantitative estimate of drug-likeness (QED) is 0.779. The molecule has 5 nitrogen and oxygen atoms in total. The number of carbonyl (C=O) groups is 1. The van der Waals surface area contributed by atoms with Gasteiger partial charge in [0.1, 0.15) is 4.88 Å². The number of carbonyl (C=O) groups excluding carboxylic acids is 1. The minimum atomic E-state index is 0.0682. The SMILES string of the molecule is CC(C)c1nnsc1C(=O)N(C)[C@@H]1CCCN(CCc2ccccc2)C1. The molecule has 1 aliphatic heterocycles. The Morgan fingerprint density at radius 1 is 1.35 bits per heavy atom. The van der Waals surface area contributed by atoms with Crippen LogP contribution in [0.1, 0.15) is 53.5 Å². The summed E-state index contributed by atoms with van der Waals surface area (Å²) in [5.74, 6) is 0.286. The smallest absolute Gasteiger partial charge is 0.267 e. The molecule has 1 aliphatic rings. The number of aromatic nitrogens is 2. The summed E-state index contributed by atoms with van der Waals surface area (Å²) in [5, 5.41) is 4.15. The van der Waals surface area contributed by atoms with E-state index in [4.69, 9.17) is 0 Å². The number of hydrogen-bond acceptors (Lipinski definition) is 5. The van der Waals surface area contributed by atoms with Crippen LogP contribution in [0.3, 0.4) is 0 Å². The van der Waals surface area contributed by atoms with Crippen LogP contribution < -0.4 is 0 Å². The number of amides is 1. The van der Waals surface area contributed by atoms with Crippen LogP contribution in [0.2, 0.25) is 0 Å². The van der Waals surface area contributed by atoms with Gasteiger partial charge in [0.05, 0.1) is 5.69 Å². The molecule has 2 aromatic rings. The van der Waals surface area contributed by atoms with Crippen LogP contribution in [-0.2, 0) is 6.42 Å². The van der Waals surface area contributed by atoms with Gasteiger partial charge in [-0.1, -0.05) is 48.7 Å². The van der Waals surface area contributed by atoms with Crippen molar-refractivity contribution >= 4 is 17.4 Å². The van der Waals surface area contributed by atoms with E-state index in [-0.39, 0.29) is 17.9 Å². The highest BCUT2D eigenvalue weighted by molar-refractivity contribution is 7.08. The first-order valence-electron chi connectivity index (χ1n) is 9.42. The van der Waals surface area contributed by atoms with Crippen molar-refractivity contribution in [2.75, 3.05) is 26.7 Å². The van der Waals surface area contributed by atoms with E-state index < -0.39 is 0 Å². The van der Waals surface area contributed by atoms with Crippen molar-refractivity contribution in [3.8, 4) is 0 Å². The number of benzene rings is 1. The molecule has 0 unspecified atom stereocenters. The maximum atomic E-state index is 13.0. The summed E-state index contributed by atoms with van der Waals surface area (Å²) in [6.45, 7) is 7.21. The molecule has 140 valence electrons. The maximum Gasteiger partial charge on any atom is 0.267 e. The van der Waals surface area contributed by atoms with E-state index in [1.54, 1.807) is 0 Å². The highest BCUT2D eigenvalue weighted by Crippen LogP contribution is 2.24. The number of rotatable bonds is 6. The molecule has 1 amide bonds. The summed E-state index contributed by atoms with van der Waals surface area (Å²) in [7, 11) is 1.93. The lowest BCUT2D eigenvalue weighted by atomic mass is 10.0. The Morgan fingerprint density at radius 2 is 2.12 bits per heavy atom. The number of piperidine rings is 1. The summed E-state index contributed by atoms with van der Waals surface area (Å²) in [5.41, 5.74) is 2.19. The van der Waals surface area contributed by atoms with Gasteiger partial charge >= 0.3 is 0 Å². The molecular formula is C20H28N4OS. The lowest BCUT2D eigenvalue weighted by Crippen LogP contribution is -2.49. The average molecular weight is 373 g/mol. The van der Waals surface area contributed by atoms with E-state index in [9.17, 15) is 4.79 Å². The van der Waals surface area contributed by atoms with Gasteiger partial charge in [-0.25, -0.2) is 0 Å². The largest absolute Gasteiger partial charge is 0.337 e. The van der Waals surface area contributed by atoms with Crippen LogP contribution in [0.4, 0.5) is 0 Å². The zero-order valence-corrected chi connectivity index (χ0v) is 16.7. The fourth-order valence-electron chi connectivity index (χ4n) is 3.53. The lowest BCUT2D eigenvalue weighted by Gasteiger charge is -2.37. The molecule has 0 bridgehead atoms. The van der Waals surface area contributed by atoms with E-state index in [2.05, 4.69) is 58.7 Å². The van der Waals surface area contributed by atoms with Crippen molar-refractivity contribution in [1.29, 1.82) is 0 Å². The molecule has 1 fully saturated rings. The number of hydrogen-bond donors (Lipinski definition) is 0. The predicted octanol–water partition coefficient (Wildman–Crippen LogP) is 3.44. The Kier molecular flexibility index (Phi) is 6.38. The van der Waals surface area contributed by atoms with Crippen LogP contribution in [-0.4, -0.2) is 58.0 Å². The number of nitrogens with zero attached hydrogens (tertiary/aromatic N) is 4. The van der Waals surface area contributed by atoms with Crippen LogP contribution in [0.5, 0.6) is 0 Å². The molecule has 26 heavy (non-hydrogen) atoms. The van der Waals surface area contributed by atoms with Gasteiger partial charge in [-0.2, -0.15) is 0 Å². The molecule has 0 N–H and O–H groups in total. The van der Waals surface area contributed by atoms with Crippen molar-refractivity contribution in [3.05, 3.63) is 46.5 Å². The van der Waals surface area contributed by atoms with Crippen molar-refractivity contribution in [3.63, 3.8) is 0 Å². The first kappa shape index (κ1) is 19.0. The van der Waals surface area contributed by atoms with Crippen LogP contribution in [0.25, 0.3) is 0 Å². The molecular weight excluding hydrogens is 344 g/mol. The van der Waals surface area contributed by atoms with Crippen molar-refractivity contribution in [2.24, 2.45) is 0 Å². The minimum absolute atomic E-state index is 0.0682. The lowest BCUT2D eigenvalue weighted by molar-refractivity contribution is 0.0622. The topological polar surface area (TPSA) is 49.3 Å². The first-order valence-corrected chi connectivity index (χ1v) is 10.2. The molecule has 1 aromatic heterocycles. The van der Waals surface area contributed by atoms with Crippen molar-refractivity contribution in [2.45, 2.75) is 45.1 Å². The van der Waals surface area contributed by atoms with Gasteiger partial charge in [0.2, 0.25) is 0 Å². The molecule has 1 atom stereocenters. The summed E-state index contributed by atoms with van der Waals surface area (Å²) in [4.78, 5) is 18.1. The normalized spacial score (nSPS) is 18.2. The van der Waals surface area contributed by atoms with E-state index in [0.29, 0.717) is 4.88 Å². The van der Waals surface area contributed by atoms with E-state index in [0.717, 1.165) is 44.6 Å². The van der Waals surface area contributed by atoms with E-state index in [1.807, 2.05) is 11.9 Å². The Bertz CT molecular complexity index is 716. The summed E-state index contributed by atoms with van der Waals surface area (Å²) in [6.07, 6.45) is 3.25. The second-order valence-electron chi connectivity index (χ2n) is 7.39. The van der Waals surface area contributed by atoms with Gasteiger partial charge in [0.15, 0.2) is 0 Å². The summed E-state index contributed by atoms with van der Waals surface area (Å²) in [6, 6.07) is 10.9. The molecule has 0 radical (unpaired) electrons. The fraction of sp³-hybridized carbons (Fsp3) is 0.550. The van der Waals surface area contributed by atoms with Crippen LogP contribution in [0.15, 0.2) is 30.3 Å². The Labute approximate surface area is 160 Å². The van der Waals surface area contributed by atoms with Crippen molar-refractivity contribution in [1.82, 2.24) is 19.4 Å². The van der Waals surface area contributed by atoms with E-state index >= 15 is 0 Å². The molecule has 2 heterocycles. The number of likely N-dealkylation sites (tertiary alicyclic amines) is 1. The first-order chi connectivity index (χ1) is 12.6. The van der Waals surface area contributed by atoms with E-state index in [1.165, 1.54) is 17.1 Å². The second-order valence-corrected chi connectivity index (χ2v) is 8.14. The Morgan fingerprint density at radius 3 is 2.85 bits per heavy atom. The molecule has 1 saturated heterocycles. The average Bonchev–Trinajstić information content (AvgIpc) is 3.16. The maximum absolute atomic E-state index is 13.0. The molecule has 1 aromatic carbocycles. The highest BCUT2D eigenvalue weighted by atomic mass is 32.1. The molecule has 6 heteroatoms. The monoisotopic (exact) mass is 372 g/mol. The predicted molar refractivity (Wildman–Crippen MR) is 106 cm³/mol. The molecule has 3 rings (SSSR count). The third kappa shape index (κ3) is 4.48. The van der Waals surface area contributed by atoms with Crippen molar-refractivity contribution < 1.29 is 4.79 Å². The third-order valence-electron chi connectivity index (χ3n) is 5.16. The second kappa shape index (κ2) is 8.73.